The van der Waals surface area contributed by atoms with Crippen LogP contribution in [-0.4, -0.2) is 75.3 Å². The molecule has 0 unspecified atom stereocenters. The first-order chi connectivity index (χ1) is 20.1. The third-order valence-corrected chi connectivity index (χ3v) is 8.39. The van der Waals surface area contributed by atoms with Gasteiger partial charge in [-0.05, 0) is 97.1 Å². The molecule has 2 aliphatic heterocycles. The van der Waals surface area contributed by atoms with Crippen molar-refractivity contribution in [2.45, 2.75) is 45.3 Å². The number of anilines is 1. The molecule has 0 atom stereocenters. The standard InChI is InChI=1S/C16H19IN2O6.C13H13IO4/c1-16(2)14(21)19(6-5-18-15(22)24-4)11-7-9(13(20)23-3)10(17)8-12(11)25-16;1-13(2)11(15)5-7-4-8(12(16)17-3)9(14)6-10(7)18-13/h7-8H,5-6H2,1-4H3,(H,18,22);4,6H,5H2,1-3H3. The number of carbonyl (C=O) groups excluding carboxylic acids is 5. The van der Waals surface area contributed by atoms with Crippen LogP contribution < -0.4 is 19.7 Å². The number of nitrogens with zero attached hydrogens (tertiary/aromatic N) is 1. The summed E-state index contributed by atoms with van der Waals surface area (Å²) >= 11 is 4.07. The summed E-state index contributed by atoms with van der Waals surface area (Å²) in [6, 6.07) is 6.71. The van der Waals surface area contributed by atoms with E-state index in [1.165, 1.54) is 26.2 Å². The van der Waals surface area contributed by atoms with Crippen LogP contribution in [0.5, 0.6) is 11.5 Å². The predicted molar refractivity (Wildman–Crippen MR) is 172 cm³/mol. The maximum Gasteiger partial charge on any atom is 0.406 e. The first-order valence-corrected chi connectivity index (χ1v) is 15.1. The SMILES string of the molecule is COC(=O)NCCN1C(=O)C(C)(C)Oc2cc(I)c(C(=O)OC)cc21.COC(=O)c1cc2c(cc1I)OC(C)(C)C(=O)C2. The van der Waals surface area contributed by atoms with Crippen LogP contribution in [0.1, 0.15) is 54.0 Å². The van der Waals surface area contributed by atoms with Crippen molar-refractivity contribution in [3.8, 4) is 11.5 Å². The highest BCUT2D eigenvalue weighted by atomic mass is 127. The van der Waals surface area contributed by atoms with E-state index in [4.69, 9.17) is 18.9 Å². The van der Waals surface area contributed by atoms with E-state index in [0.717, 1.165) is 9.13 Å². The molecule has 0 fully saturated rings. The number of carbonyl (C=O) groups is 5. The Hall–Kier alpha value is -3.15. The van der Waals surface area contributed by atoms with Gasteiger partial charge in [0, 0.05) is 32.2 Å². The van der Waals surface area contributed by atoms with Crippen LogP contribution in [0.4, 0.5) is 10.5 Å². The number of fused-ring (bicyclic) bond motifs is 2. The molecule has 0 aromatic heterocycles. The molecule has 2 heterocycles. The third kappa shape index (κ3) is 7.69. The van der Waals surface area contributed by atoms with E-state index >= 15 is 0 Å². The van der Waals surface area contributed by atoms with Gasteiger partial charge in [-0.3, -0.25) is 9.59 Å². The lowest BCUT2D eigenvalue weighted by molar-refractivity contribution is -0.133. The normalized spacial score (nSPS) is 15.8. The molecule has 0 bridgehead atoms. The van der Waals surface area contributed by atoms with Gasteiger partial charge < -0.3 is 33.9 Å². The predicted octanol–water partition coefficient (Wildman–Crippen LogP) is 4.30. The zero-order valence-corrected chi connectivity index (χ0v) is 29.0. The number of benzene rings is 2. The monoisotopic (exact) mass is 822 g/mol. The number of halogens is 2. The Labute approximate surface area is 276 Å². The molecule has 232 valence electrons. The molecular weight excluding hydrogens is 790 g/mol. The minimum Gasteiger partial charge on any atom is -0.480 e. The summed E-state index contributed by atoms with van der Waals surface area (Å²) in [7, 11) is 3.89. The van der Waals surface area contributed by atoms with Crippen LogP contribution in [-0.2, 0) is 30.2 Å². The summed E-state index contributed by atoms with van der Waals surface area (Å²) in [5.41, 5.74) is 0.130. The van der Waals surface area contributed by atoms with Gasteiger partial charge in [0.15, 0.2) is 17.0 Å². The molecule has 4 rings (SSSR count). The number of hydrogen-bond donors (Lipinski definition) is 1. The van der Waals surface area contributed by atoms with Gasteiger partial charge in [-0.25, -0.2) is 14.4 Å². The Balaban J connectivity index is 0.000000248. The lowest BCUT2D eigenvalue weighted by atomic mass is 9.92. The second-order valence-corrected chi connectivity index (χ2v) is 12.7. The van der Waals surface area contributed by atoms with E-state index in [1.54, 1.807) is 52.0 Å². The topological polar surface area (TPSA) is 147 Å². The maximum absolute atomic E-state index is 12.7. The van der Waals surface area contributed by atoms with Gasteiger partial charge in [-0.1, -0.05) is 0 Å². The summed E-state index contributed by atoms with van der Waals surface area (Å²) in [6.07, 6.45) is -0.304. The van der Waals surface area contributed by atoms with Gasteiger partial charge >= 0.3 is 18.0 Å². The number of nitrogens with one attached hydrogen (secondary N) is 1. The average Bonchev–Trinajstić information content (AvgIpc) is 2.94. The van der Waals surface area contributed by atoms with Crippen molar-refractivity contribution in [2.75, 3.05) is 39.3 Å². The van der Waals surface area contributed by atoms with E-state index in [2.05, 4.69) is 32.6 Å². The van der Waals surface area contributed by atoms with Crippen molar-refractivity contribution in [3.05, 3.63) is 48.1 Å². The number of Topliss-reactive ketones (excluding diaryl/α,β-unsaturated/α-hetero) is 1. The minimum atomic E-state index is -1.06. The van der Waals surface area contributed by atoms with E-state index in [0.29, 0.717) is 31.9 Å². The van der Waals surface area contributed by atoms with Crippen molar-refractivity contribution in [1.29, 1.82) is 0 Å². The lowest BCUT2D eigenvalue weighted by Gasteiger charge is -2.39. The molecule has 0 saturated heterocycles. The molecule has 2 aliphatic rings. The zero-order chi connectivity index (χ0) is 32.3. The van der Waals surface area contributed by atoms with Crippen LogP contribution in [0.15, 0.2) is 24.3 Å². The zero-order valence-electron chi connectivity index (χ0n) is 24.7. The number of ketones is 1. The summed E-state index contributed by atoms with van der Waals surface area (Å²) in [4.78, 5) is 60.8. The Morgan fingerprint density at radius 3 is 1.93 bits per heavy atom. The van der Waals surface area contributed by atoms with Gasteiger partial charge in [-0.2, -0.15) is 0 Å². The molecule has 2 amide bonds. The maximum atomic E-state index is 12.7. The van der Waals surface area contributed by atoms with E-state index in [9.17, 15) is 24.0 Å². The van der Waals surface area contributed by atoms with Gasteiger partial charge in [-0.15, -0.1) is 0 Å². The first kappa shape index (κ1) is 34.3. The quantitative estimate of drug-likeness (QED) is 0.263. The van der Waals surface area contributed by atoms with E-state index in [1.807, 2.05) is 22.6 Å². The highest BCUT2D eigenvalue weighted by Crippen LogP contribution is 2.40. The smallest absolute Gasteiger partial charge is 0.406 e. The fourth-order valence-corrected chi connectivity index (χ4v) is 5.55. The van der Waals surface area contributed by atoms with Crippen LogP contribution in [0.25, 0.3) is 0 Å². The molecule has 12 nitrogen and oxygen atoms in total. The molecule has 2 aromatic carbocycles. The Morgan fingerprint density at radius 1 is 0.837 bits per heavy atom. The molecule has 2 aromatic rings. The molecular formula is C29H32I2N2O10. The number of esters is 2. The van der Waals surface area contributed by atoms with Gasteiger partial charge in [0.05, 0.1) is 38.1 Å². The number of alkyl carbamates (subject to hydrolysis) is 1. The summed E-state index contributed by atoms with van der Waals surface area (Å²) in [5.74, 6) is -0.0244. The average molecular weight is 822 g/mol. The summed E-state index contributed by atoms with van der Waals surface area (Å²) in [6.45, 7) is 7.22. The number of hydrogen-bond acceptors (Lipinski definition) is 10. The van der Waals surface area contributed by atoms with Gasteiger partial charge in [0.25, 0.3) is 5.91 Å². The Kier molecular flexibility index (Phi) is 10.9. The van der Waals surface area contributed by atoms with Crippen molar-refractivity contribution in [1.82, 2.24) is 5.32 Å². The number of methoxy groups -OCH3 is 3. The van der Waals surface area contributed by atoms with Crippen LogP contribution in [0, 0.1) is 7.14 Å². The molecule has 0 aliphatic carbocycles. The molecule has 0 saturated carbocycles. The van der Waals surface area contributed by atoms with Gasteiger partial charge in [0.1, 0.15) is 11.5 Å². The number of ether oxygens (including phenoxy) is 5. The van der Waals surface area contributed by atoms with E-state index in [-0.39, 0.29) is 31.2 Å². The number of rotatable bonds is 5. The lowest BCUT2D eigenvalue weighted by Crippen LogP contribution is -2.54. The Morgan fingerprint density at radius 2 is 1.37 bits per heavy atom. The first-order valence-electron chi connectivity index (χ1n) is 12.9. The summed E-state index contributed by atoms with van der Waals surface area (Å²) < 4.78 is 26.9. The number of amides is 2. The fourth-order valence-electron chi connectivity index (χ4n) is 4.24. The third-order valence-electron chi connectivity index (χ3n) is 6.60. The molecule has 0 spiro atoms. The minimum absolute atomic E-state index is 0.00650. The van der Waals surface area contributed by atoms with Crippen molar-refractivity contribution < 1.29 is 47.7 Å². The van der Waals surface area contributed by atoms with Crippen LogP contribution >= 0.6 is 45.2 Å². The fraction of sp³-hybridized carbons (Fsp3) is 0.414. The van der Waals surface area contributed by atoms with Crippen molar-refractivity contribution in [3.63, 3.8) is 0 Å². The largest absolute Gasteiger partial charge is 0.480 e. The second kappa shape index (κ2) is 13.7. The molecule has 1 N–H and O–H groups in total. The molecule has 0 radical (unpaired) electrons. The highest BCUT2D eigenvalue weighted by molar-refractivity contribution is 14.1. The second-order valence-electron chi connectivity index (χ2n) is 10.4. The molecule has 43 heavy (non-hydrogen) atoms. The highest BCUT2D eigenvalue weighted by Gasteiger charge is 2.41. The Bertz CT molecular complexity index is 1470. The van der Waals surface area contributed by atoms with Gasteiger partial charge in [0.2, 0.25) is 0 Å². The van der Waals surface area contributed by atoms with Crippen molar-refractivity contribution in [2.24, 2.45) is 0 Å². The van der Waals surface area contributed by atoms with Crippen LogP contribution in [0.2, 0.25) is 0 Å². The molecule has 14 heteroatoms. The summed E-state index contributed by atoms with van der Waals surface area (Å²) in [5, 5.41) is 2.53. The van der Waals surface area contributed by atoms with Crippen molar-refractivity contribution >= 4 is 80.6 Å². The van der Waals surface area contributed by atoms with Crippen LogP contribution in [0.3, 0.4) is 0 Å². The van der Waals surface area contributed by atoms with E-state index < -0.39 is 29.2 Å².